The molecule has 0 bridgehead atoms. The zero-order valence-corrected chi connectivity index (χ0v) is 22.1. The highest BCUT2D eigenvalue weighted by Gasteiger charge is 2.30. The van der Waals surface area contributed by atoms with Gasteiger partial charge in [0.25, 0.3) is 0 Å². The lowest BCUT2D eigenvalue weighted by molar-refractivity contribution is 0.101. The van der Waals surface area contributed by atoms with Gasteiger partial charge in [-0.25, -0.2) is 0 Å². The maximum Gasteiger partial charge on any atom is 0.215 e. The fourth-order valence-electron chi connectivity index (χ4n) is 3.91. The summed E-state index contributed by atoms with van der Waals surface area (Å²) >= 11 is 25.5. The van der Waals surface area contributed by atoms with Gasteiger partial charge >= 0.3 is 0 Å². The van der Waals surface area contributed by atoms with E-state index >= 15 is 0 Å². The fourth-order valence-corrected chi connectivity index (χ4v) is 4.73. The van der Waals surface area contributed by atoms with Crippen molar-refractivity contribution >= 4 is 58.0 Å². The summed E-state index contributed by atoms with van der Waals surface area (Å²) in [6, 6.07) is 10.8. The Bertz CT molecular complexity index is 1410. The van der Waals surface area contributed by atoms with E-state index in [2.05, 4.69) is 4.98 Å². The number of aromatic nitrogens is 2. The van der Waals surface area contributed by atoms with Gasteiger partial charge in [0.15, 0.2) is 0 Å². The summed E-state index contributed by atoms with van der Waals surface area (Å²) in [7, 11) is 0. The molecule has 0 spiro atoms. The van der Waals surface area contributed by atoms with Crippen molar-refractivity contribution in [1.82, 2.24) is 9.55 Å². The normalized spacial score (nSPS) is 11.2. The van der Waals surface area contributed by atoms with Gasteiger partial charge in [-0.3, -0.25) is 14.2 Å². The molecule has 0 saturated carbocycles. The summed E-state index contributed by atoms with van der Waals surface area (Å²) in [5, 5.41) is 20.7. The van der Waals surface area contributed by atoms with E-state index in [0.717, 1.165) is 11.1 Å². The number of nitrogens with zero attached hydrogens (tertiary/aromatic N) is 1. The van der Waals surface area contributed by atoms with Crippen LogP contribution in [-0.4, -0.2) is 31.3 Å². The van der Waals surface area contributed by atoms with Crippen LogP contribution in [0.1, 0.15) is 57.1 Å². The predicted molar refractivity (Wildman–Crippen MR) is 142 cm³/mol. The summed E-state index contributed by atoms with van der Waals surface area (Å²) in [5.41, 5.74) is 1.51. The Morgan fingerprint density at radius 3 is 1.86 bits per heavy atom. The Kier molecular flexibility index (Phi) is 7.43. The number of hydrogen-bond donors (Lipinski definition) is 3. The summed E-state index contributed by atoms with van der Waals surface area (Å²) in [5.74, 6) is -1.67. The quantitative estimate of drug-likeness (QED) is 0.203. The third-order valence-corrected chi connectivity index (χ3v) is 7.39. The zero-order valence-electron chi connectivity index (χ0n) is 19.1. The lowest BCUT2D eigenvalue weighted by Gasteiger charge is -2.13. The van der Waals surface area contributed by atoms with Crippen LogP contribution >= 0.6 is 46.4 Å². The van der Waals surface area contributed by atoms with E-state index in [-0.39, 0.29) is 60.1 Å². The minimum Gasteiger partial charge on any atom is -0.507 e. The number of aryl methyl sites for hydroxylation is 2. The molecule has 6 nitrogen and oxygen atoms in total. The average molecular weight is 566 g/mol. The van der Waals surface area contributed by atoms with Crippen molar-refractivity contribution in [2.75, 3.05) is 0 Å². The van der Waals surface area contributed by atoms with Gasteiger partial charge in [-0.15, -0.1) is 0 Å². The topological polar surface area (TPSA) is 95.3 Å². The van der Waals surface area contributed by atoms with Crippen LogP contribution < -0.4 is 0 Å². The molecule has 0 unspecified atom stereocenters. The Hall–Kier alpha value is -2.90. The highest BCUT2D eigenvalue weighted by molar-refractivity contribution is 6.45. The van der Waals surface area contributed by atoms with Crippen LogP contribution in [0, 0.1) is 0 Å². The van der Waals surface area contributed by atoms with Crippen molar-refractivity contribution in [3.63, 3.8) is 0 Å². The van der Waals surface area contributed by atoms with Crippen LogP contribution in [0.4, 0.5) is 0 Å². The minimum atomic E-state index is -0.631. The zero-order chi connectivity index (χ0) is 26.3. The van der Waals surface area contributed by atoms with Crippen LogP contribution in [0.2, 0.25) is 20.4 Å². The van der Waals surface area contributed by atoms with Crippen molar-refractivity contribution < 1.29 is 19.8 Å². The Morgan fingerprint density at radius 1 is 0.833 bits per heavy atom. The molecule has 4 rings (SSSR count). The molecule has 36 heavy (non-hydrogen) atoms. The first-order chi connectivity index (χ1) is 17.1. The maximum absolute atomic E-state index is 13.5. The second kappa shape index (κ2) is 10.2. The maximum atomic E-state index is 13.5. The number of aromatic hydroxyl groups is 2. The van der Waals surface area contributed by atoms with E-state index in [0.29, 0.717) is 12.8 Å². The molecular weight excluding hydrogens is 546 g/mol. The van der Waals surface area contributed by atoms with Crippen LogP contribution in [0.25, 0.3) is 5.69 Å². The number of nitrogens with one attached hydrogen (secondary N) is 1. The molecule has 0 aliphatic carbocycles. The van der Waals surface area contributed by atoms with Gasteiger partial charge in [0, 0.05) is 0 Å². The molecule has 0 aliphatic heterocycles. The molecule has 4 aromatic rings. The van der Waals surface area contributed by atoms with E-state index in [1.165, 1.54) is 34.9 Å². The van der Waals surface area contributed by atoms with Gasteiger partial charge in [-0.05, 0) is 54.3 Å². The Morgan fingerprint density at radius 2 is 1.36 bits per heavy atom. The first-order valence-electron chi connectivity index (χ1n) is 11.0. The third-order valence-electron chi connectivity index (χ3n) is 5.88. The second-order valence-corrected chi connectivity index (χ2v) is 9.57. The Balaban J connectivity index is 1.91. The lowest BCUT2D eigenvalue weighted by Crippen LogP contribution is -2.13. The van der Waals surface area contributed by atoms with Crippen molar-refractivity contribution in [1.29, 1.82) is 0 Å². The van der Waals surface area contributed by atoms with Gasteiger partial charge in [0.1, 0.15) is 32.5 Å². The number of H-pyrrole nitrogens is 1. The number of halogens is 4. The van der Waals surface area contributed by atoms with E-state index in [4.69, 9.17) is 46.4 Å². The molecule has 0 radical (unpaired) electrons. The Labute approximate surface area is 227 Å². The molecule has 0 atom stereocenters. The van der Waals surface area contributed by atoms with Gasteiger partial charge in [-0.1, -0.05) is 72.4 Å². The number of hydrogen-bond acceptors (Lipinski definition) is 4. The molecule has 0 amide bonds. The summed E-state index contributed by atoms with van der Waals surface area (Å²) in [4.78, 5) is 29.7. The standard InChI is InChI=1S/C26H20Cl4N2O4/c1-3-12-5-7-14(18(33)9-12)23(35)17-11-16(27)26(30)32(17)22-20(28)25(29)31-21(22)24(36)15-8-6-13(4-2)10-19(15)34/h5-11,31,33-34H,3-4H2,1-2H3. The van der Waals surface area contributed by atoms with E-state index in [9.17, 15) is 19.8 Å². The molecule has 3 N–H and O–H groups in total. The molecule has 2 aromatic heterocycles. The predicted octanol–water partition coefficient (Wildman–Crippen LogP) is 7.42. The molecule has 10 heteroatoms. The number of rotatable bonds is 7. The van der Waals surface area contributed by atoms with Crippen LogP contribution in [0.5, 0.6) is 11.5 Å². The van der Waals surface area contributed by atoms with Crippen LogP contribution in [0.15, 0.2) is 42.5 Å². The number of phenols is 2. The largest absolute Gasteiger partial charge is 0.507 e. The molecular formula is C26H20Cl4N2O4. The number of carbonyl (C=O) groups is 2. The van der Waals surface area contributed by atoms with Crippen molar-refractivity contribution in [2.45, 2.75) is 26.7 Å². The first kappa shape index (κ1) is 26.2. The highest BCUT2D eigenvalue weighted by Crippen LogP contribution is 2.40. The van der Waals surface area contributed by atoms with Crippen molar-refractivity contribution in [2.24, 2.45) is 0 Å². The highest BCUT2D eigenvalue weighted by atomic mass is 35.5. The SMILES string of the molecule is CCc1ccc(C(=O)c2[nH]c(Cl)c(Cl)c2-n2c(C(=O)c3ccc(CC)cc3O)cc(Cl)c2Cl)c(O)c1. The lowest BCUT2D eigenvalue weighted by atomic mass is 10.0. The van der Waals surface area contributed by atoms with E-state index < -0.39 is 11.6 Å². The molecule has 0 saturated heterocycles. The minimum absolute atomic E-state index is 0.00177. The van der Waals surface area contributed by atoms with Gasteiger partial charge in [0.05, 0.1) is 27.5 Å². The molecule has 186 valence electrons. The van der Waals surface area contributed by atoms with Gasteiger partial charge in [-0.2, -0.15) is 0 Å². The molecule has 0 fully saturated rings. The smallest absolute Gasteiger partial charge is 0.215 e. The van der Waals surface area contributed by atoms with Crippen molar-refractivity contribution in [3.8, 4) is 17.2 Å². The average Bonchev–Trinajstić information content (AvgIpc) is 3.32. The second-order valence-electron chi connectivity index (χ2n) is 8.05. The summed E-state index contributed by atoms with van der Waals surface area (Å²) < 4.78 is 1.20. The number of carbonyl (C=O) groups excluding carboxylic acids is 2. The van der Waals surface area contributed by atoms with Gasteiger partial charge in [0.2, 0.25) is 11.6 Å². The number of phenolic OH excluding ortho intramolecular Hbond substituents is 2. The monoisotopic (exact) mass is 564 g/mol. The molecule has 2 aromatic carbocycles. The fraction of sp³-hybridized carbons (Fsp3) is 0.154. The third kappa shape index (κ3) is 4.50. The van der Waals surface area contributed by atoms with Crippen LogP contribution in [-0.2, 0) is 12.8 Å². The van der Waals surface area contributed by atoms with Crippen LogP contribution in [0.3, 0.4) is 0 Å². The number of ketones is 2. The molecule has 0 aliphatic rings. The molecule has 2 heterocycles. The van der Waals surface area contributed by atoms with E-state index in [1.54, 1.807) is 12.1 Å². The summed E-state index contributed by atoms with van der Waals surface area (Å²) in [6.07, 6.45) is 1.34. The number of aromatic amines is 1. The van der Waals surface area contributed by atoms with E-state index in [1.807, 2.05) is 13.8 Å². The number of benzene rings is 2. The summed E-state index contributed by atoms with van der Waals surface area (Å²) in [6.45, 7) is 3.84. The van der Waals surface area contributed by atoms with Gasteiger partial charge < -0.3 is 15.2 Å². The van der Waals surface area contributed by atoms with Crippen molar-refractivity contribution in [3.05, 3.63) is 96.5 Å². The first-order valence-corrected chi connectivity index (χ1v) is 12.5.